The van der Waals surface area contributed by atoms with Gasteiger partial charge in [0.05, 0.1) is 12.0 Å². The molecule has 1 rings (SSSR count). The van der Waals surface area contributed by atoms with Crippen molar-refractivity contribution in [3.63, 3.8) is 0 Å². The van der Waals surface area contributed by atoms with Crippen LogP contribution in [-0.2, 0) is 11.3 Å². The molecule has 0 atom stereocenters. The van der Waals surface area contributed by atoms with Gasteiger partial charge in [-0.05, 0) is 40.7 Å². The van der Waals surface area contributed by atoms with Gasteiger partial charge in [0.15, 0.2) is 5.96 Å². The smallest absolute Gasteiger partial charge is 0.387 e. The number of aryl methyl sites for hydroxylation is 1. The van der Waals surface area contributed by atoms with Crippen LogP contribution in [0.15, 0.2) is 23.2 Å². The van der Waals surface area contributed by atoms with E-state index in [9.17, 15) is 13.6 Å². The van der Waals surface area contributed by atoms with Crippen molar-refractivity contribution in [3.05, 3.63) is 29.3 Å². The molecule has 1 amide bonds. The highest BCUT2D eigenvalue weighted by molar-refractivity contribution is 14.0. The number of guanidine groups is 1. The van der Waals surface area contributed by atoms with Gasteiger partial charge in [0.2, 0.25) is 5.91 Å². The topological polar surface area (TPSA) is 74.8 Å². The Morgan fingerprint density at radius 2 is 1.82 bits per heavy atom. The van der Waals surface area contributed by atoms with Gasteiger partial charge < -0.3 is 20.7 Å². The SMILES string of the molecule is CCNC(=O)C(C)(C)CNC(=NCc1cc(C)ccc1OC(F)F)NCC.I. The highest BCUT2D eigenvalue weighted by atomic mass is 127. The number of rotatable bonds is 9. The fourth-order valence-electron chi connectivity index (χ4n) is 2.33. The van der Waals surface area contributed by atoms with Crippen molar-refractivity contribution in [3.8, 4) is 5.75 Å². The number of carbonyl (C=O) groups is 1. The molecule has 0 fully saturated rings. The molecule has 0 radical (unpaired) electrons. The summed E-state index contributed by atoms with van der Waals surface area (Å²) in [5, 5.41) is 9.03. The van der Waals surface area contributed by atoms with Crippen LogP contribution in [0.1, 0.15) is 38.8 Å². The van der Waals surface area contributed by atoms with Crippen molar-refractivity contribution in [2.24, 2.45) is 10.4 Å². The second kappa shape index (κ2) is 12.7. The molecule has 0 aliphatic heterocycles. The largest absolute Gasteiger partial charge is 0.434 e. The number of ether oxygens (including phenoxy) is 1. The summed E-state index contributed by atoms with van der Waals surface area (Å²) in [6, 6.07) is 5.00. The lowest BCUT2D eigenvalue weighted by atomic mass is 9.92. The van der Waals surface area contributed by atoms with Gasteiger partial charge in [-0.15, -0.1) is 24.0 Å². The predicted octanol–water partition coefficient (Wildman–Crippen LogP) is 3.43. The molecular formula is C19H31F2IN4O2. The van der Waals surface area contributed by atoms with E-state index in [0.717, 1.165) is 5.56 Å². The monoisotopic (exact) mass is 512 g/mol. The number of amides is 1. The quantitative estimate of drug-likeness (QED) is 0.269. The van der Waals surface area contributed by atoms with Gasteiger partial charge in [-0.3, -0.25) is 4.79 Å². The van der Waals surface area contributed by atoms with Crippen LogP contribution in [0, 0.1) is 12.3 Å². The molecule has 0 aromatic heterocycles. The van der Waals surface area contributed by atoms with E-state index >= 15 is 0 Å². The molecule has 0 heterocycles. The first kappa shape index (κ1) is 26.4. The number of aliphatic imine (C=N–C) groups is 1. The first-order valence-corrected chi connectivity index (χ1v) is 9.04. The van der Waals surface area contributed by atoms with Gasteiger partial charge in [0.1, 0.15) is 5.75 Å². The minimum absolute atomic E-state index is 0. The minimum atomic E-state index is -2.89. The molecule has 0 aliphatic rings. The Balaban J connectivity index is 0.00000729. The molecule has 0 aliphatic carbocycles. The van der Waals surface area contributed by atoms with Gasteiger partial charge in [-0.25, -0.2) is 4.99 Å². The lowest BCUT2D eigenvalue weighted by Crippen LogP contribution is -2.47. The Hall–Kier alpha value is -1.65. The summed E-state index contributed by atoms with van der Waals surface area (Å²) in [5.74, 6) is 0.553. The Kier molecular flexibility index (Phi) is 12.0. The Labute approximate surface area is 182 Å². The molecule has 0 saturated heterocycles. The van der Waals surface area contributed by atoms with E-state index in [0.29, 0.717) is 31.2 Å². The van der Waals surface area contributed by atoms with E-state index in [4.69, 9.17) is 0 Å². The number of carbonyl (C=O) groups excluding carboxylic acids is 1. The summed E-state index contributed by atoms with van der Waals surface area (Å²) in [7, 11) is 0. The third-order valence-electron chi connectivity index (χ3n) is 3.83. The summed E-state index contributed by atoms with van der Waals surface area (Å²) >= 11 is 0. The molecule has 3 N–H and O–H groups in total. The molecule has 1 aromatic rings. The van der Waals surface area contributed by atoms with Crippen molar-refractivity contribution in [2.45, 2.75) is 47.8 Å². The first-order valence-electron chi connectivity index (χ1n) is 9.04. The molecule has 28 heavy (non-hydrogen) atoms. The highest BCUT2D eigenvalue weighted by Gasteiger charge is 2.27. The van der Waals surface area contributed by atoms with Crippen LogP contribution in [0.5, 0.6) is 5.75 Å². The van der Waals surface area contributed by atoms with Crippen LogP contribution in [0.2, 0.25) is 0 Å². The first-order chi connectivity index (χ1) is 12.7. The third-order valence-corrected chi connectivity index (χ3v) is 3.83. The van der Waals surface area contributed by atoms with Gasteiger partial charge in [-0.2, -0.15) is 8.78 Å². The third kappa shape index (κ3) is 9.03. The van der Waals surface area contributed by atoms with Crippen LogP contribution in [0.25, 0.3) is 0 Å². The number of halogens is 3. The molecule has 160 valence electrons. The molecule has 9 heteroatoms. The number of benzene rings is 1. The number of hydrogen-bond donors (Lipinski definition) is 3. The zero-order chi connectivity index (χ0) is 20.4. The van der Waals surface area contributed by atoms with Crippen molar-refractivity contribution in [2.75, 3.05) is 19.6 Å². The average Bonchev–Trinajstić information content (AvgIpc) is 2.59. The second-order valence-electron chi connectivity index (χ2n) is 6.78. The van der Waals surface area contributed by atoms with E-state index in [-0.39, 0.29) is 42.2 Å². The molecule has 0 unspecified atom stereocenters. The molecule has 0 bridgehead atoms. The highest BCUT2D eigenvalue weighted by Crippen LogP contribution is 2.23. The van der Waals surface area contributed by atoms with Crippen LogP contribution in [0.3, 0.4) is 0 Å². The number of nitrogens with zero attached hydrogens (tertiary/aromatic N) is 1. The van der Waals surface area contributed by atoms with Gasteiger partial charge in [0.25, 0.3) is 0 Å². The number of nitrogens with one attached hydrogen (secondary N) is 3. The fourth-order valence-corrected chi connectivity index (χ4v) is 2.33. The van der Waals surface area contributed by atoms with E-state index in [1.54, 1.807) is 12.1 Å². The maximum absolute atomic E-state index is 12.6. The average molecular weight is 512 g/mol. The van der Waals surface area contributed by atoms with E-state index in [1.165, 1.54) is 6.07 Å². The van der Waals surface area contributed by atoms with Crippen LogP contribution >= 0.6 is 24.0 Å². The summed E-state index contributed by atoms with van der Waals surface area (Å²) in [5.41, 5.74) is 0.868. The molecule has 0 saturated carbocycles. The summed E-state index contributed by atoms with van der Waals surface area (Å²) < 4.78 is 29.7. The lowest BCUT2D eigenvalue weighted by molar-refractivity contribution is -0.128. The Morgan fingerprint density at radius 1 is 1.18 bits per heavy atom. The van der Waals surface area contributed by atoms with E-state index in [1.807, 2.05) is 34.6 Å². The second-order valence-corrected chi connectivity index (χ2v) is 6.78. The molecule has 6 nitrogen and oxygen atoms in total. The lowest BCUT2D eigenvalue weighted by Gasteiger charge is -2.25. The van der Waals surface area contributed by atoms with Crippen molar-refractivity contribution < 1.29 is 18.3 Å². The maximum atomic E-state index is 12.6. The minimum Gasteiger partial charge on any atom is -0.434 e. The zero-order valence-corrected chi connectivity index (χ0v) is 19.4. The molecular weight excluding hydrogens is 481 g/mol. The number of hydrogen-bond acceptors (Lipinski definition) is 3. The van der Waals surface area contributed by atoms with Crippen LogP contribution < -0.4 is 20.7 Å². The van der Waals surface area contributed by atoms with Gasteiger partial charge >= 0.3 is 6.61 Å². The standard InChI is InChI=1S/C19H30F2N4O2.HI/c1-6-22-16(26)19(4,5)12-25-18(23-7-2)24-11-14-10-13(3)8-9-15(14)27-17(20)21;/h8-10,17H,6-7,11-12H2,1-5H3,(H,22,26)(H2,23,24,25);1H. The van der Waals surface area contributed by atoms with Crippen LogP contribution in [-0.4, -0.2) is 38.1 Å². The predicted molar refractivity (Wildman–Crippen MR) is 119 cm³/mol. The summed E-state index contributed by atoms with van der Waals surface area (Å²) in [6.45, 7) is 8.18. The summed E-state index contributed by atoms with van der Waals surface area (Å²) in [6.07, 6.45) is 0. The fraction of sp³-hybridized carbons (Fsp3) is 0.579. The Morgan fingerprint density at radius 3 is 2.39 bits per heavy atom. The van der Waals surface area contributed by atoms with Crippen molar-refractivity contribution in [1.82, 2.24) is 16.0 Å². The van der Waals surface area contributed by atoms with Gasteiger partial charge in [-0.1, -0.05) is 17.7 Å². The number of alkyl halides is 2. The zero-order valence-electron chi connectivity index (χ0n) is 17.1. The Bertz CT molecular complexity index is 655. The van der Waals surface area contributed by atoms with E-state index in [2.05, 4.69) is 25.7 Å². The maximum Gasteiger partial charge on any atom is 0.387 e. The summed E-state index contributed by atoms with van der Waals surface area (Å²) in [4.78, 5) is 16.5. The van der Waals surface area contributed by atoms with E-state index < -0.39 is 12.0 Å². The van der Waals surface area contributed by atoms with Gasteiger partial charge in [0, 0.05) is 25.2 Å². The van der Waals surface area contributed by atoms with Crippen molar-refractivity contribution in [1.29, 1.82) is 0 Å². The normalized spacial score (nSPS) is 11.6. The molecule has 1 aromatic carbocycles. The molecule has 0 spiro atoms. The van der Waals surface area contributed by atoms with Crippen molar-refractivity contribution >= 4 is 35.8 Å². The van der Waals surface area contributed by atoms with Crippen LogP contribution in [0.4, 0.5) is 8.78 Å².